The maximum absolute atomic E-state index is 10.1. The molecule has 1 saturated heterocycles. The minimum absolute atomic E-state index is 0.162. The number of halogens is 4. The van der Waals surface area contributed by atoms with Crippen molar-refractivity contribution in [1.82, 2.24) is 10.0 Å². The molecule has 0 radical (unpaired) electrons. The molecule has 1 fully saturated rings. The molecule has 0 aliphatic carbocycles. The molecule has 0 amide bonds. The smallest absolute Gasteiger partial charge is 0.138 e. The molecule has 28 heavy (non-hydrogen) atoms. The Morgan fingerprint density at radius 1 is 0.679 bits per heavy atom. The zero-order chi connectivity index (χ0) is 20.3. The van der Waals surface area contributed by atoms with Gasteiger partial charge in [-0.15, -0.1) is 0 Å². The summed E-state index contributed by atoms with van der Waals surface area (Å²) >= 11 is 13.5. The first-order valence-electron chi connectivity index (χ1n) is 8.27. The van der Waals surface area contributed by atoms with E-state index in [4.69, 9.17) is 0 Å². The van der Waals surface area contributed by atoms with Crippen LogP contribution in [0.1, 0.15) is 11.1 Å². The standard InChI is InChI=1S/C18H16Br4N4O2/c19-13-5-11(17(27)15(21)7-13)9-23-25-1-2-26(4-3-25)24-10-12-6-14(20)8-16(22)18(12)28/h5-10,27-28H,1-4H2/b23-9-,24-10+. The van der Waals surface area contributed by atoms with Gasteiger partial charge in [-0.05, 0) is 56.1 Å². The zero-order valence-corrected chi connectivity index (χ0v) is 20.8. The van der Waals surface area contributed by atoms with E-state index in [1.807, 2.05) is 22.2 Å². The average molecular weight is 640 g/mol. The monoisotopic (exact) mass is 636 g/mol. The first-order chi connectivity index (χ1) is 13.3. The normalized spacial score (nSPS) is 15.1. The average Bonchev–Trinajstić information content (AvgIpc) is 2.66. The van der Waals surface area contributed by atoms with E-state index < -0.39 is 0 Å². The SMILES string of the molecule is Oc1c(Br)cc(Br)cc1/C=N\N1CCN(/N=C/c2cc(Br)cc(Br)c2O)CC1. The Labute approximate surface area is 196 Å². The second-order valence-electron chi connectivity index (χ2n) is 6.05. The van der Waals surface area contributed by atoms with Gasteiger partial charge in [0.05, 0.1) is 47.6 Å². The third-order valence-corrected chi connectivity index (χ3v) is 6.19. The van der Waals surface area contributed by atoms with Crippen LogP contribution in [0.15, 0.2) is 52.4 Å². The lowest BCUT2D eigenvalue weighted by atomic mass is 10.2. The summed E-state index contributed by atoms with van der Waals surface area (Å²) in [5, 5.41) is 33.0. The topological polar surface area (TPSA) is 71.7 Å². The van der Waals surface area contributed by atoms with Gasteiger partial charge in [0, 0.05) is 20.1 Å². The summed E-state index contributed by atoms with van der Waals surface area (Å²) in [5.74, 6) is 0.324. The van der Waals surface area contributed by atoms with Crippen LogP contribution in [0.2, 0.25) is 0 Å². The molecule has 6 nitrogen and oxygen atoms in total. The van der Waals surface area contributed by atoms with Crippen molar-refractivity contribution in [2.45, 2.75) is 0 Å². The number of phenolic OH excluding ortho intramolecular Hbond substituents is 2. The van der Waals surface area contributed by atoms with Gasteiger partial charge >= 0.3 is 0 Å². The van der Waals surface area contributed by atoms with Crippen molar-refractivity contribution >= 4 is 76.1 Å². The highest BCUT2D eigenvalue weighted by Crippen LogP contribution is 2.31. The molecule has 1 heterocycles. The van der Waals surface area contributed by atoms with E-state index in [0.29, 0.717) is 46.3 Å². The van der Waals surface area contributed by atoms with Crippen molar-refractivity contribution in [1.29, 1.82) is 0 Å². The molecule has 0 unspecified atom stereocenters. The number of nitrogens with zero attached hydrogens (tertiary/aromatic N) is 4. The van der Waals surface area contributed by atoms with Gasteiger partial charge in [0.25, 0.3) is 0 Å². The third kappa shape index (κ3) is 5.49. The summed E-state index contributed by atoms with van der Waals surface area (Å²) in [7, 11) is 0. The highest BCUT2D eigenvalue weighted by atomic mass is 79.9. The van der Waals surface area contributed by atoms with Crippen LogP contribution in [-0.4, -0.2) is 58.8 Å². The number of hydrogen-bond donors (Lipinski definition) is 2. The van der Waals surface area contributed by atoms with E-state index in [2.05, 4.69) is 73.9 Å². The third-order valence-electron chi connectivity index (χ3n) is 4.07. The van der Waals surface area contributed by atoms with Gasteiger partial charge in [-0.3, -0.25) is 10.0 Å². The summed E-state index contributed by atoms with van der Waals surface area (Å²) in [6.45, 7) is 2.83. The van der Waals surface area contributed by atoms with E-state index in [9.17, 15) is 10.2 Å². The second-order valence-corrected chi connectivity index (χ2v) is 9.59. The van der Waals surface area contributed by atoms with Crippen LogP contribution in [0, 0.1) is 0 Å². The molecular formula is C18H16Br4N4O2. The molecule has 0 bridgehead atoms. The lowest BCUT2D eigenvalue weighted by Gasteiger charge is -2.31. The predicted octanol–water partition coefficient (Wildman–Crippen LogP) is 5.13. The number of aromatic hydroxyl groups is 2. The van der Waals surface area contributed by atoms with Crippen molar-refractivity contribution in [3.8, 4) is 11.5 Å². The number of phenols is 2. The number of benzene rings is 2. The molecule has 0 saturated carbocycles. The van der Waals surface area contributed by atoms with Crippen LogP contribution in [0.3, 0.4) is 0 Å². The van der Waals surface area contributed by atoms with Crippen LogP contribution < -0.4 is 0 Å². The minimum Gasteiger partial charge on any atom is -0.506 e. The summed E-state index contributed by atoms with van der Waals surface area (Å²) < 4.78 is 2.95. The van der Waals surface area contributed by atoms with E-state index in [1.165, 1.54) is 0 Å². The molecular weight excluding hydrogens is 624 g/mol. The molecule has 0 atom stereocenters. The Morgan fingerprint density at radius 2 is 1.04 bits per heavy atom. The molecule has 1 aliphatic rings. The minimum atomic E-state index is 0.162. The van der Waals surface area contributed by atoms with Gasteiger partial charge in [-0.25, -0.2) is 0 Å². The highest BCUT2D eigenvalue weighted by Gasteiger charge is 2.14. The second kappa shape index (κ2) is 9.60. The Balaban J connectivity index is 1.59. The Bertz CT molecular complexity index is 853. The number of hydrazone groups is 2. The molecule has 10 heteroatoms. The molecule has 2 N–H and O–H groups in total. The first-order valence-corrected chi connectivity index (χ1v) is 11.4. The maximum atomic E-state index is 10.1. The van der Waals surface area contributed by atoms with E-state index in [-0.39, 0.29) is 11.5 Å². The summed E-state index contributed by atoms with van der Waals surface area (Å²) in [6.07, 6.45) is 3.31. The van der Waals surface area contributed by atoms with Gasteiger partial charge in [-0.1, -0.05) is 31.9 Å². The van der Waals surface area contributed by atoms with Crippen LogP contribution >= 0.6 is 63.7 Å². The highest BCUT2D eigenvalue weighted by molar-refractivity contribution is 9.11. The fraction of sp³-hybridized carbons (Fsp3) is 0.222. The lowest BCUT2D eigenvalue weighted by molar-refractivity contribution is 0.141. The Morgan fingerprint density at radius 3 is 1.39 bits per heavy atom. The lowest BCUT2D eigenvalue weighted by Crippen LogP contribution is -2.41. The van der Waals surface area contributed by atoms with Gasteiger partial charge in [0.15, 0.2) is 0 Å². The summed E-state index contributed by atoms with van der Waals surface area (Å²) in [5.41, 5.74) is 1.27. The predicted molar refractivity (Wildman–Crippen MR) is 125 cm³/mol. The van der Waals surface area contributed by atoms with Crippen molar-refractivity contribution in [3.63, 3.8) is 0 Å². The van der Waals surface area contributed by atoms with Gasteiger partial charge in [0.1, 0.15) is 11.5 Å². The summed E-state index contributed by atoms with van der Waals surface area (Å²) in [6, 6.07) is 7.19. The van der Waals surface area contributed by atoms with Gasteiger partial charge < -0.3 is 10.2 Å². The number of piperazine rings is 1. The Hall–Kier alpha value is -1.10. The summed E-state index contributed by atoms with van der Waals surface area (Å²) in [4.78, 5) is 0. The van der Waals surface area contributed by atoms with Crippen molar-refractivity contribution in [2.24, 2.45) is 10.2 Å². The van der Waals surface area contributed by atoms with E-state index in [1.54, 1.807) is 24.6 Å². The van der Waals surface area contributed by atoms with Crippen molar-refractivity contribution in [3.05, 3.63) is 53.3 Å². The van der Waals surface area contributed by atoms with E-state index >= 15 is 0 Å². The molecule has 0 spiro atoms. The molecule has 3 rings (SSSR count). The largest absolute Gasteiger partial charge is 0.506 e. The molecule has 2 aromatic carbocycles. The molecule has 1 aliphatic heterocycles. The van der Waals surface area contributed by atoms with Crippen LogP contribution in [0.4, 0.5) is 0 Å². The number of rotatable bonds is 4. The maximum Gasteiger partial charge on any atom is 0.138 e. The van der Waals surface area contributed by atoms with Gasteiger partial charge in [-0.2, -0.15) is 10.2 Å². The first kappa shape index (κ1) is 21.6. The fourth-order valence-corrected chi connectivity index (χ4v) is 5.09. The van der Waals surface area contributed by atoms with Crippen LogP contribution in [-0.2, 0) is 0 Å². The van der Waals surface area contributed by atoms with Crippen molar-refractivity contribution < 1.29 is 10.2 Å². The van der Waals surface area contributed by atoms with Crippen LogP contribution in [0.25, 0.3) is 0 Å². The quantitative estimate of drug-likeness (QED) is 0.455. The van der Waals surface area contributed by atoms with Crippen molar-refractivity contribution in [2.75, 3.05) is 26.2 Å². The molecule has 2 aromatic rings. The molecule has 0 aromatic heterocycles. The molecule has 148 valence electrons. The Kier molecular flexibility index (Phi) is 7.41. The van der Waals surface area contributed by atoms with E-state index in [0.717, 1.165) is 8.95 Å². The number of hydrogen-bond acceptors (Lipinski definition) is 6. The van der Waals surface area contributed by atoms with Crippen LogP contribution in [0.5, 0.6) is 11.5 Å². The van der Waals surface area contributed by atoms with Gasteiger partial charge in [0.2, 0.25) is 0 Å². The fourth-order valence-electron chi connectivity index (χ4n) is 2.57. The zero-order valence-electron chi connectivity index (χ0n) is 14.5.